The van der Waals surface area contributed by atoms with Crippen LogP contribution in [-0.2, 0) is 6.42 Å². The first-order chi connectivity index (χ1) is 12.4. The summed E-state index contributed by atoms with van der Waals surface area (Å²) in [6, 6.07) is 6.06. The molecule has 0 saturated heterocycles. The van der Waals surface area contributed by atoms with E-state index in [1.807, 2.05) is 6.92 Å². The van der Waals surface area contributed by atoms with Crippen molar-refractivity contribution in [1.82, 2.24) is 0 Å². The molecule has 0 spiro atoms. The van der Waals surface area contributed by atoms with Crippen molar-refractivity contribution in [1.29, 1.82) is 0 Å². The summed E-state index contributed by atoms with van der Waals surface area (Å²) < 4.78 is 17.1. The Balaban J connectivity index is 1.88. The Morgan fingerprint density at radius 3 is 2.69 bits per heavy atom. The van der Waals surface area contributed by atoms with Gasteiger partial charge in [0, 0.05) is 29.5 Å². The molecule has 26 heavy (non-hydrogen) atoms. The molecule has 2 aromatic carbocycles. The summed E-state index contributed by atoms with van der Waals surface area (Å²) in [5, 5.41) is 21.2. The maximum absolute atomic E-state index is 13.1. The van der Waals surface area contributed by atoms with Crippen molar-refractivity contribution in [3.05, 3.63) is 52.2 Å². The number of fused-ring (bicyclic) bond motifs is 5. The van der Waals surface area contributed by atoms with Gasteiger partial charge in [0.05, 0.1) is 0 Å². The molecular formula is C20H14O6. The molecular weight excluding hydrogens is 336 g/mol. The molecule has 0 bridgehead atoms. The van der Waals surface area contributed by atoms with E-state index in [1.54, 1.807) is 12.1 Å². The lowest BCUT2D eigenvalue weighted by atomic mass is 10.0. The van der Waals surface area contributed by atoms with Crippen LogP contribution >= 0.6 is 0 Å². The van der Waals surface area contributed by atoms with E-state index in [0.717, 1.165) is 5.57 Å². The zero-order valence-electron chi connectivity index (χ0n) is 13.8. The number of ether oxygens (including phenoxy) is 1. The van der Waals surface area contributed by atoms with Gasteiger partial charge in [-0.1, -0.05) is 6.58 Å². The zero-order chi connectivity index (χ0) is 18.2. The number of rotatable bonds is 1. The topological polar surface area (TPSA) is 93.0 Å². The van der Waals surface area contributed by atoms with Crippen LogP contribution in [0.25, 0.3) is 33.1 Å². The number of phenolic OH excluding ortho intramolecular Hbond substituents is 2. The minimum absolute atomic E-state index is 0.0228. The SMILES string of the molecule is C=C(C)C1Cc2c(cc3oc4oc5cc(O)ccc5c4c(=O)c3c2O)O1. The van der Waals surface area contributed by atoms with Crippen molar-refractivity contribution in [2.24, 2.45) is 0 Å². The van der Waals surface area contributed by atoms with Gasteiger partial charge in [-0.15, -0.1) is 0 Å². The summed E-state index contributed by atoms with van der Waals surface area (Å²) in [5.74, 6) is 0.399. The molecule has 0 saturated carbocycles. The van der Waals surface area contributed by atoms with Gasteiger partial charge in [0.2, 0.25) is 5.43 Å². The van der Waals surface area contributed by atoms with Crippen LogP contribution in [0.4, 0.5) is 0 Å². The van der Waals surface area contributed by atoms with Crippen LogP contribution in [0.2, 0.25) is 0 Å². The van der Waals surface area contributed by atoms with E-state index < -0.39 is 0 Å². The first-order valence-electron chi connectivity index (χ1n) is 8.13. The average molecular weight is 350 g/mol. The molecule has 6 heteroatoms. The molecule has 1 atom stereocenters. The predicted octanol–water partition coefficient (Wildman–Crippen LogP) is 3.98. The van der Waals surface area contributed by atoms with Crippen LogP contribution in [0.5, 0.6) is 17.2 Å². The summed E-state index contributed by atoms with van der Waals surface area (Å²) in [6.45, 7) is 5.74. The number of phenols is 2. The number of hydrogen-bond donors (Lipinski definition) is 2. The first-order valence-corrected chi connectivity index (χ1v) is 8.13. The third-order valence-electron chi connectivity index (χ3n) is 4.84. The second kappa shape index (κ2) is 4.82. The van der Waals surface area contributed by atoms with Crippen LogP contribution < -0.4 is 10.2 Å². The highest BCUT2D eigenvalue weighted by Gasteiger charge is 2.30. The van der Waals surface area contributed by atoms with Crippen molar-refractivity contribution in [2.75, 3.05) is 0 Å². The first kappa shape index (κ1) is 14.9. The molecule has 1 aliphatic rings. The fraction of sp³-hybridized carbons (Fsp3) is 0.150. The lowest BCUT2D eigenvalue weighted by Gasteiger charge is -2.08. The van der Waals surface area contributed by atoms with Crippen LogP contribution in [0.3, 0.4) is 0 Å². The van der Waals surface area contributed by atoms with Gasteiger partial charge in [0.1, 0.15) is 45.3 Å². The van der Waals surface area contributed by atoms with Gasteiger partial charge in [-0.3, -0.25) is 4.79 Å². The molecule has 0 fully saturated rings. The molecule has 2 aromatic heterocycles. The van der Waals surface area contributed by atoms with Crippen LogP contribution in [0.15, 0.2) is 50.0 Å². The van der Waals surface area contributed by atoms with E-state index in [1.165, 1.54) is 12.1 Å². The quantitative estimate of drug-likeness (QED) is 0.504. The monoisotopic (exact) mass is 350 g/mol. The number of aromatic hydroxyl groups is 2. The highest BCUT2D eigenvalue weighted by Crippen LogP contribution is 2.42. The lowest BCUT2D eigenvalue weighted by molar-refractivity contribution is 0.271. The van der Waals surface area contributed by atoms with E-state index in [4.69, 9.17) is 13.6 Å². The smallest absolute Gasteiger partial charge is 0.302 e. The summed E-state index contributed by atoms with van der Waals surface area (Å²) in [7, 11) is 0. The number of benzene rings is 2. The lowest BCUT2D eigenvalue weighted by Crippen LogP contribution is -2.13. The normalized spacial score (nSPS) is 16.3. The van der Waals surface area contributed by atoms with E-state index in [0.29, 0.717) is 28.7 Å². The molecule has 130 valence electrons. The predicted molar refractivity (Wildman–Crippen MR) is 96.0 cm³/mol. The van der Waals surface area contributed by atoms with E-state index >= 15 is 0 Å². The zero-order valence-corrected chi connectivity index (χ0v) is 13.8. The number of furan rings is 1. The minimum Gasteiger partial charge on any atom is -0.508 e. The fourth-order valence-corrected chi connectivity index (χ4v) is 3.49. The van der Waals surface area contributed by atoms with Crippen molar-refractivity contribution < 1.29 is 23.8 Å². The second-order valence-corrected chi connectivity index (χ2v) is 6.61. The van der Waals surface area contributed by atoms with Crippen LogP contribution in [0.1, 0.15) is 12.5 Å². The Labute approximate surface area is 146 Å². The largest absolute Gasteiger partial charge is 0.508 e. The minimum atomic E-state index is -0.384. The van der Waals surface area contributed by atoms with Crippen molar-refractivity contribution in [3.63, 3.8) is 0 Å². The van der Waals surface area contributed by atoms with Gasteiger partial charge in [0.15, 0.2) is 0 Å². The van der Waals surface area contributed by atoms with E-state index in [2.05, 4.69) is 6.58 Å². The average Bonchev–Trinajstić information content (AvgIpc) is 3.15. The highest BCUT2D eigenvalue weighted by molar-refractivity contribution is 6.07. The summed E-state index contributed by atoms with van der Waals surface area (Å²) >= 11 is 0. The van der Waals surface area contributed by atoms with E-state index in [-0.39, 0.29) is 45.2 Å². The molecule has 0 radical (unpaired) electrons. The molecule has 5 rings (SSSR count). The van der Waals surface area contributed by atoms with Gasteiger partial charge in [-0.2, -0.15) is 0 Å². The summed E-state index contributed by atoms with van der Waals surface area (Å²) in [4.78, 5) is 13.1. The molecule has 6 nitrogen and oxygen atoms in total. The molecule has 1 aliphatic heterocycles. The third-order valence-corrected chi connectivity index (χ3v) is 4.84. The van der Waals surface area contributed by atoms with Gasteiger partial charge in [-0.25, -0.2) is 0 Å². The van der Waals surface area contributed by atoms with Crippen molar-refractivity contribution in [2.45, 2.75) is 19.4 Å². The number of hydrogen-bond acceptors (Lipinski definition) is 6. The summed E-state index contributed by atoms with van der Waals surface area (Å²) in [6.07, 6.45) is 0.207. The third kappa shape index (κ3) is 1.84. The second-order valence-electron chi connectivity index (χ2n) is 6.61. The van der Waals surface area contributed by atoms with Crippen LogP contribution in [-0.4, -0.2) is 16.3 Å². The maximum atomic E-state index is 13.1. The molecule has 0 aliphatic carbocycles. The van der Waals surface area contributed by atoms with Gasteiger partial charge in [-0.05, 0) is 24.6 Å². The van der Waals surface area contributed by atoms with Crippen molar-refractivity contribution in [3.8, 4) is 17.2 Å². The Morgan fingerprint density at radius 2 is 1.92 bits per heavy atom. The van der Waals surface area contributed by atoms with Crippen LogP contribution in [0, 0.1) is 0 Å². The Morgan fingerprint density at radius 1 is 1.15 bits per heavy atom. The molecule has 4 aromatic rings. The standard InChI is InChI=1S/C20H14O6/c1-8(2)12-6-11-14(24-12)7-15-17(18(11)22)19(23)16-10-4-3-9(21)5-13(10)25-20(16)26-15/h3-5,7,12,21-22H,1,6H2,2H3. The summed E-state index contributed by atoms with van der Waals surface area (Å²) in [5.41, 5.74) is 1.54. The van der Waals surface area contributed by atoms with E-state index in [9.17, 15) is 15.0 Å². The Hall–Kier alpha value is -3.41. The molecule has 2 N–H and O–H groups in total. The maximum Gasteiger partial charge on any atom is 0.302 e. The Kier molecular flexibility index (Phi) is 2.76. The van der Waals surface area contributed by atoms with Gasteiger partial charge < -0.3 is 23.8 Å². The highest BCUT2D eigenvalue weighted by atomic mass is 16.5. The molecule has 1 unspecified atom stereocenters. The fourth-order valence-electron chi connectivity index (χ4n) is 3.49. The van der Waals surface area contributed by atoms with Gasteiger partial charge >= 0.3 is 5.78 Å². The van der Waals surface area contributed by atoms with Crippen molar-refractivity contribution >= 4 is 33.1 Å². The molecule has 0 amide bonds. The Bertz CT molecular complexity index is 1310. The van der Waals surface area contributed by atoms with Gasteiger partial charge in [0.25, 0.3) is 0 Å². The molecule has 3 heterocycles.